The van der Waals surface area contributed by atoms with Crippen LogP contribution in [0, 0.1) is 5.92 Å². The Bertz CT molecular complexity index is 230. The first-order chi connectivity index (χ1) is 5.60. The van der Waals surface area contributed by atoms with Crippen LogP contribution in [0.5, 0.6) is 0 Å². The molecule has 0 unspecified atom stereocenters. The van der Waals surface area contributed by atoms with E-state index in [9.17, 15) is 9.59 Å². The van der Waals surface area contributed by atoms with Crippen molar-refractivity contribution >= 4 is 11.7 Å². The van der Waals surface area contributed by atoms with E-state index >= 15 is 0 Å². The third-order valence-corrected chi connectivity index (χ3v) is 2.85. The van der Waals surface area contributed by atoms with Gasteiger partial charge in [-0.05, 0) is 32.1 Å². The van der Waals surface area contributed by atoms with Gasteiger partial charge in [0.1, 0.15) is 5.78 Å². The molecule has 0 aliphatic heterocycles. The van der Waals surface area contributed by atoms with Gasteiger partial charge in [-0.2, -0.15) is 0 Å². The van der Waals surface area contributed by atoms with Crippen LogP contribution in [0.15, 0.2) is 0 Å². The average molecular weight is 167 g/mol. The first-order valence-electron chi connectivity index (χ1n) is 4.40. The lowest BCUT2D eigenvalue weighted by atomic mass is 9.50. The highest BCUT2D eigenvalue weighted by molar-refractivity contribution is 5.97. The number of carbonyl (C=O) groups excluding carboxylic acids is 2. The van der Waals surface area contributed by atoms with E-state index in [1.165, 1.54) is 6.92 Å². The number of amides is 1. The minimum absolute atomic E-state index is 0.0480. The van der Waals surface area contributed by atoms with E-state index in [2.05, 4.69) is 5.32 Å². The minimum atomic E-state index is -0.0966. The van der Waals surface area contributed by atoms with E-state index < -0.39 is 0 Å². The van der Waals surface area contributed by atoms with Gasteiger partial charge in [-0.15, -0.1) is 0 Å². The quantitative estimate of drug-likeness (QED) is 0.627. The van der Waals surface area contributed by atoms with Crippen molar-refractivity contribution in [1.29, 1.82) is 0 Å². The molecule has 0 aromatic heterocycles. The zero-order chi connectivity index (χ0) is 8.77. The maximum atomic E-state index is 11.2. The van der Waals surface area contributed by atoms with Crippen LogP contribution in [0.4, 0.5) is 0 Å². The summed E-state index contributed by atoms with van der Waals surface area (Å²) in [4.78, 5) is 21.8. The fourth-order valence-electron chi connectivity index (χ4n) is 2.20. The summed E-state index contributed by atoms with van der Waals surface area (Å²) in [5.41, 5.74) is 0.122. The Hall–Kier alpha value is -0.860. The molecule has 66 valence electrons. The van der Waals surface area contributed by atoms with Gasteiger partial charge in [0.2, 0.25) is 5.91 Å². The second-order valence-corrected chi connectivity index (χ2v) is 4.19. The van der Waals surface area contributed by atoms with E-state index in [-0.39, 0.29) is 23.7 Å². The van der Waals surface area contributed by atoms with E-state index in [4.69, 9.17) is 0 Å². The van der Waals surface area contributed by atoms with Crippen LogP contribution in [0.25, 0.3) is 0 Å². The maximum Gasteiger partial charge on any atom is 0.227 e. The smallest absolute Gasteiger partial charge is 0.227 e. The Kier molecular flexibility index (Phi) is 1.50. The Balaban J connectivity index is 1.79. The Morgan fingerprint density at radius 1 is 1.42 bits per heavy atom. The summed E-state index contributed by atoms with van der Waals surface area (Å²) < 4.78 is 0. The number of nitrogens with one attached hydrogen (secondary N) is 1. The SMILES string of the molecule is CC(=O)CC(=O)NC12CC(C1)C2. The normalized spacial score (nSPS) is 36.2. The molecule has 3 rings (SSSR count). The van der Waals surface area contributed by atoms with Crippen LogP contribution in [-0.4, -0.2) is 17.2 Å². The summed E-state index contributed by atoms with van der Waals surface area (Å²) in [6.45, 7) is 1.45. The van der Waals surface area contributed by atoms with Crippen LogP contribution in [0.2, 0.25) is 0 Å². The number of hydrogen-bond acceptors (Lipinski definition) is 2. The monoisotopic (exact) mass is 167 g/mol. The average Bonchev–Trinajstić information content (AvgIpc) is 1.74. The predicted octanol–water partition coefficient (Wildman–Crippen LogP) is 0.634. The van der Waals surface area contributed by atoms with Gasteiger partial charge < -0.3 is 5.32 Å². The molecule has 12 heavy (non-hydrogen) atoms. The molecule has 3 aliphatic carbocycles. The molecule has 3 saturated carbocycles. The van der Waals surface area contributed by atoms with Crippen molar-refractivity contribution in [3.63, 3.8) is 0 Å². The molecule has 2 bridgehead atoms. The van der Waals surface area contributed by atoms with Gasteiger partial charge in [0.25, 0.3) is 0 Å². The van der Waals surface area contributed by atoms with Gasteiger partial charge >= 0.3 is 0 Å². The zero-order valence-electron chi connectivity index (χ0n) is 7.22. The number of Topliss-reactive ketones (excluding diaryl/α,β-unsaturated/α-hetero) is 1. The molecule has 0 saturated heterocycles. The Morgan fingerprint density at radius 2 is 2.00 bits per heavy atom. The van der Waals surface area contributed by atoms with Crippen LogP contribution in [0.1, 0.15) is 32.6 Å². The lowest BCUT2D eigenvalue weighted by molar-refractivity contribution is -0.135. The van der Waals surface area contributed by atoms with Crippen molar-refractivity contribution in [2.45, 2.75) is 38.1 Å². The first kappa shape index (κ1) is 7.77. The third kappa shape index (κ3) is 1.13. The highest BCUT2D eigenvalue weighted by Crippen LogP contribution is 2.56. The van der Waals surface area contributed by atoms with Gasteiger partial charge in [0.05, 0.1) is 6.42 Å². The standard InChI is InChI=1S/C9H13NO2/c1-6(11)2-8(12)10-9-3-7(4-9)5-9/h7H,2-5H2,1H3,(H,10,12). The predicted molar refractivity (Wildman–Crippen MR) is 43.5 cm³/mol. The summed E-state index contributed by atoms with van der Waals surface area (Å²) in [6, 6.07) is 0. The van der Waals surface area contributed by atoms with Crippen molar-refractivity contribution in [3.05, 3.63) is 0 Å². The summed E-state index contributed by atoms with van der Waals surface area (Å²) in [6.07, 6.45) is 3.45. The van der Waals surface area contributed by atoms with Gasteiger partial charge in [-0.3, -0.25) is 9.59 Å². The lowest BCUT2D eigenvalue weighted by Gasteiger charge is -2.61. The highest BCUT2D eigenvalue weighted by atomic mass is 16.2. The fourth-order valence-corrected chi connectivity index (χ4v) is 2.20. The van der Waals surface area contributed by atoms with Gasteiger partial charge in [-0.25, -0.2) is 0 Å². The van der Waals surface area contributed by atoms with Gasteiger partial charge in [0, 0.05) is 5.54 Å². The Labute approximate surface area is 71.5 Å². The number of hydrogen-bond donors (Lipinski definition) is 1. The van der Waals surface area contributed by atoms with E-state index in [1.807, 2.05) is 0 Å². The molecule has 3 heteroatoms. The van der Waals surface area contributed by atoms with Crippen molar-refractivity contribution in [2.75, 3.05) is 0 Å². The zero-order valence-corrected chi connectivity index (χ0v) is 7.22. The van der Waals surface area contributed by atoms with E-state index in [1.54, 1.807) is 0 Å². The number of rotatable bonds is 3. The number of ketones is 1. The molecule has 0 radical (unpaired) electrons. The molecule has 1 N–H and O–H groups in total. The van der Waals surface area contributed by atoms with Crippen LogP contribution in [0.3, 0.4) is 0 Å². The van der Waals surface area contributed by atoms with Crippen molar-refractivity contribution in [1.82, 2.24) is 5.32 Å². The summed E-state index contributed by atoms with van der Waals surface area (Å²) in [5, 5.41) is 2.93. The Morgan fingerprint density at radius 3 is 2.33 bits per heavy atom. The lowest BCUT2D eigenvalue weighted by Crippen LogP contribution is -2.68. The van der Waals surface area contributed by atoms with Crippen molar-refractivity contribution < 1.29 is 9.59 Å². The first-order valence-corrected chi connectivity index (χ1v) is 4.40. The van der Waals surface area contributed by atoms with Crippen LogP contribution < -0.4 is 5.32 Å². The molecule has 3 fully saturated rings. The fraction of sp³-hybridized carbons (Fsp3) is 0.778. The maximum absolute atomic E-state index is 11.2. The van der Waals surface area contributed by atoms with E-state index in [0.29, 0.717) is 0 Å². The highest BCUT2D eigenvalue weighted by Gasteiger charge is 2.57. The summed E-state index contributed by atoms with van der Waals surface area (Å²) in [5.74, 6) is 0.711. The van der Waals surface area contributed by atoms with Crippen molar-refractivity contribution in [2.24, 2.45) is 5.92 Å². The minimum Gasteiger partial charge on any atom is -0.350 e. The van der Waals surface area contributed by atoms with Crippen LogP contribution in [-0.2, 0) is 9.59 Å². The second-order valence-electron chi connectivity index (χ2n) is 4.19. The van der Waals surface area contributed by atoms with E-state index in [0.717, 1.165) is 25.2 Å². The number of carbonyl (C=O) groups is 2. The molecule has 0 aromatic carbocycles. The topological polar surface area (TPSA) is 46.2 Å². The molecular weight excluding hydrogens is 154 g/mol. The molecule has 1 amide bonds. The van der Waals surface area contributed by atoms with Gasteiger partial charge in [0.15, 0.2) is 0 Å². The molecule has 3 aliphatic rings. The van der Waals surface area contributed by atoms with Gasteiger partial charge in [-0.1, -0.05) is 0 Å². The summed E-state index contributed by atoms with van der Waals surface area (Å²) >= 11 is 0. The van der Waals surface area contributed by atoms with Crippen LogP contribution >= 0.6 is 0 Å². The molecule has 0 atom stereocenters. The molecule has 3 nitrogen and oxygen atoms in total. The summed E-state index contributed by atoms with van der Waals surface area (Å²) in [7, 11) is 0. The molecular formula is C9H13NO2. The molecule has 0 aromatic rings. The second kappa shape index (κ2) is 2.31. The largest absolute Gasteiger partial charge is 0.350 e. The third-order valence-electron chi connectivity index (χ3n) is 2.85. The van der Waals surface area contributed by atoms with Crippen molar-refractivity contribution in [3.8, 4) is 0 Å². The molecule has 0 heterocycles. The molecule has 0 spiro atoms.